The van der Waals surface area contributed by atoms with Crippen molar-refractivity contribution in [1.82, 2.24) is 4.98 Å². The Balaban J connectivity index is 0.000000289. The summed E-state index contributed by atoms with van der Waals surface area (Å²) in [7, 11) is 0. The predicted molar refractivity (Wildman–Crippen MR) is 82.8 cm³/mol. The lowest BCUT2D eigenvalue weighted by atomic mass is 10.4. The summed E-state index contributed by atoms with van der Waals surface area (Å²) in [5.41, 5.74) is 0. The molecule has 1 heterocycles. The number of benzene rings is 1. The standard InChI is InChI=1S/C7H9NO.C6H5Cl.C3H8/c1-2-9-7-5-3-4-6-8-7;7-6-4-2-1-3-5-6;1-3-2/h3-6H,2H2,1H3;1-5H;3H2,1-2H3. The monoisotopic (exact) mass is 279 g/mol. The first-order chi connectivity index (χ1) is 9.24. The molecular weight excluding hydrogens is 258 g/mol. The van der Waals surface area contributed by atoms with E-state index in [4.69, 9.17) is 16.3 Å². The lowest BCUT2D eigenvalue weighted by molar-refractivity contribution is 0.327. The normalized spacial score (nSPS) is 8.42. The average molecular weight is 280 g/mol. The minimum atomic E-state index is 0.678. The Hall–Kier alpha value is -1.54. The van der Waals surface area contributed by atoms with Gasteiger partial charge in [-0.1, -0.05) is 56.1 Å². The van der Waals surface area contributed by atoms with Gasteiger partial charge in [0.05, 0.1) is 6.61 Å². The van der Waals surface area contributed by atoms with E-state index in [9.17, 15) is 0 Å². The van der Waals surface area contributed by atoms with E-state index in [0.717, 1.165) is 5.02 Å². The van der Waals surface area contributed by atoms with Crippen LogP contribution in [0.5, 0.6) is 5.88 Å². The van der Waals surface area contributed by atoms with E-state index >= 15 is 0 Å². The number of pyridine rings is 1. The second-order valence-corrected chi connectivity index (χ2v) is 4.04. The molecule has 0 amide bonds. The van der Waals surface area contributed by atoms with E-state index < -0.39 is 0 Å². The lowest BCUT2D eigenvalue weighted by Crippen LogP contribution is -1.92. The Bertz CT molecular complexity index is 392. The molecule has 0 atom stereocenters. The van der Waals surface area contributed by atoms with Crippen molar-refractivity contribution in [2.24, 2.45) is 0 Å². The second-order valence-electron chi connectivity index (χ2n) is 3.60. The van der Waals surface area contributed by atoms with Crippen molar-refractivity contribution in [1.29, 1.82) is 0 Å². The number of ether oxygens (including phenoxy) is 1. The molecular formula is C16H22ClNO. The highest BCUT2D eigenvalue weighted by Gasteiger charge is 1.85. The Labute approximate surface area is 121 Å². The average Bonchev–Trinajstić information content (AvgIpc) is 2.43. The molecule has 0 radical (unpaired) electrons. The fourth-order valence-corrected chi connectivity index (χ4v) is 1.14. The summed E-state index contributed by atoms with van der Waals surface area (Å²) in [6, 6.07) is 15.0. The van der Waals surface area contributed by atoms with Crippen molar-refractivity contribution in [3.8, 4) is 5.88 Å². The third-order valence-electron chi connectivity index (χ3n) is 1.66. The molecule has 0 bridgehead atoms. The second kappa shape index (κ2) is 12.9. The number of aromatic nitrogens is 1. The van der Waals surface area contributed by atoms with Crippen molar-refractivity contribution < 1.29 is 4.74 Å². The summed E-state index contributed by atoms with van der Waals surface area (Å²) >= 11 is 5.54. The molecule has 3 heteroatoms. The number of halogens is 1. The first kappa shape index (κ1) is 17.5. The molecule has 0 fully saturated rings. The van der Waals surface area contributed by atoms with E-state index in [-0.39, 0.29) is 0 Å². The minimum absolute atomic E-state index is 0.678. The molecule has 0 aliphatic rings. The highest BCUT2D eigenvalue weighted by molar-refractivity contribution is 6.30. The van der Waals surface area contributed by atoms with Crippen LogP contribution in [0.3, 0.4) is 0 Å². The fraction of sp³-hybridized carbons (Fsp3) is 0.312. The maximum absolute atomic E-state index is 5.54. The van der Waals surface area contributed by atoms with Gasteiger partial charge in [-0.2, -0.15) is 0 Å². The predicted octanol–water partition coefficient (Wildman–Crippen LogP) is 5.24. The maximum Gasteiger partial charge on any atom is 0.213 e. The summed E-state index contributed by atoms with van der Waals surface area (Å²) in [6.07, 6.45) is 2.96. The van der Waals surface area contributed by atoms with Crippen LogP contribution in [0.25, 0.3) is 0 Å². The van der Waals surface area contributed by atoms with Gasteiger partial charge in [0.25, 0.3) is 0 Å². The topological polar surface area (TPSA) is 22.1 Å². The van der Waals surface area contributed by atoms with Gasteiger partial charge in [0.1, 0.15) is 0 Å². The van der Waals surface area contributed by atoms with E-state index in [1.165, 1.54) is 6.42 Å². The van der Waals surface area contributed by atoms with Gasteiger partial charge >= 0.3 is 0 Å². The molecule has 0 N–H and O–H groups in total. The third kappa shape index (κ3) is 11.3. The van der Waals surface area contributed by atoms with Crippen LogP contribution >= 0.6 is 11.6 Å². The molecule has 1 aromatic carbocycles. The molecule has 0 spiro atoms. The number of rotatable bonds is 2. The largest absolute Gasteiger partial charge is 0.478 e. The number of hydrogen-bond acceptors (Lipinski definition) is 2. The molecule has 104 valence electrons. The SMILES string of the molecule is CCC.CCOc1ccccn1.Clc1ccccc1. The van der Waals surface area contributed by atoms with Gasteiger partial charge in [-0.05, 0) is 25.1 Å². The van der Waals surface area contributed by atoms with Crippen LogP contribution in [0.2, 0.25) is 5.02 Å². The van der Waals surface area contributed by atoms with Gasteiger partial charge in [-0.15, -0.1) is 0 Å². The van der Waals surface area contributed by atoms with Crippen LogP contribution in [0.4, 0.5) is 0 Å². The summed E-state index contributed by atoms with van der Waals surface area (Å²) in [5.74, 6) is 0.694. The highest BCUT2D eigenvalue weighted by atomic mass is 35.5. The number of nitrogens with zero attached hydrogens (tertiary/aromatic N) is 1. The first-order valence-electron chi connectivity index (χ1n) is 6.48. The van der Waals surface area contributed by atoms with Crippen molar-refractivity contribution in [3.63, 3.8) is 0 Å². The maximum atomic E-state index is 5.54. The Morgan fingerprint density at radius 2 is 1.53 bits per heavy atom. The van der Waals surface area contributed by atoms with Crippen LogP contribution in [-0.4, -0.2) is 11.6 Å². The lowest BCUT2D eigenvalue weighted by Gasteiger charge is -1.97. The van der Waals surface area contributed by atoms with Gasteiger partial charge in [-0.25, -0.2) is 4.98 Å². The fourth-order valence-electron chi connectivity index (χ4n) is 0.995. The Morgan fingerprint density at radius 3 is 1.89 bits per heavy atom. The van der Waals surface area contributed by atoms with Gasteiger partial charge in [-0.3, -0.25) is 0 Å². The van der Waals surface area contributed by atoms with Crippen molar-refractivity contribution in [2.45, 2.75) is 27.2 Å². The molecule has 2 rings (SSSR count). The third-order valence-corrected chi connectivity index (χ3v) is 1.92. The molecule has 0 aliphatic carbocycles. The zero-order chi connectivity index (χ0) is 14.3. The van der Waals surface area contributed by atoms with Crippen molar-refractivity contribution in [2.75, 3.05) is 6.61 Å². The van der Waals surface area contributed by atoms with Crippen molar-refractivity contribution in [3.05, 3.63) is 59.8 Å². The van der Waals surface area contributed by atoms with Crippen molar-refractivity contribution >= 4 is 11.6 Å². The Morgan fingerprint density at radius 1 is 0.947 bits per heavy atom. The summed E-state index contributed by atoms with van der Waals surface area (Å²) in [5, 5.41) is 0.794. The quantitative estimate of drug-likeness (QED) is 0.750. The molecule has 0 aliphatic heterocycles. The van der Waals surface area contributed by atoms with Gasteiger partial charge < -0.3 is 4.74 Å². The summed E-state index contributed by atoms with van der Waals surface area (Å²) < 4.78 is 5.09. The molecule has 1 aromatic heterocycles. The molecule has 0 saturated carbocycles. The zero-order valence-corrected chi connectivity index (χ0v) is 12.6. The molecule has 2 nitrogen and oxygen atoms in total. The molecule has 2 aromatic rings. The van der Waals surface area contributed by atoms with E-state index in [1.54, 1.807) is 6.20 Å². The van der Waals surface area contributed by atoms with E-state index in [0.29, 0.717) is 12.5 Å². The first-order valence-corrected chi connectivity index (χ1v) is 6.86. The minimum Gasteiger partial charge on any atom is -0.478 e. The smallest absolute Gasteiger partial charge is 0.213 e. The van der Waals surface area contributed by atoms with Gasteiger partial charge in [0.2, 0.25) is 5.88 Å². The number of hydrogen-bond donors (Lipinski definition) is 0. The summed E-state index contributed by atoms with van der Waals surface area (Å²) in [6.45, 7) is 6.87. The van der Waals surface area contributed by atoms with Gasteiger partial charge in [0.15, 0.2) is 0 Å². The van der Waals surface area contributed by atoms with Crippen LogP contribution in [0, 0.1) is 0 Å². The molecule has 0 saturated heterocycles. The molecule has 19 heavy (non-hydrogen) atoms. The van der Waals surface area contributed by atoms with Gasteiger partial charge in [0, 0.05) is 17.3 Å². The highest BCUT2D eigenvalue weighted by Crippen LogP contribution is 2.03. The van der Waals surface area contributed by atoms with Crippen LogP contribution in [-0.2, 0) is 0 Å². The molecule has 0 unspecified atom stereocenters. The van der Waals surface area contributed by atoms with E-state index in [2.05, 4.69) is 18.8 Å². The van der Waals surface area contributed by atoms with Crippen LogP contribution < -0.4 is 4.74 Å². The van der Waals surface area contributed by atoms with Crippen LogP contribution in [0.15, 0.2) is 54.7 Å². The zero-order valence-electron chi connectivity index (χ0n) is 11.8. The summed E-state index contributed by atoms with van der Waals surface area (Å²) in [4.78, 5) is 3.95. The van der Waals surface area contributed by atoms with E-state index in [1.807, 2.05) is 55.5 Å². The van der Waals surface area contributed by atoms with Crippen LogP contribution in [0.1, 0.15) is 27.2 Å². The Kier molecular flexibility index (Phi) is 11.9.